The van der Waals surface area contributed by atoms with Crippen LogP contribution in [0.15, 0.2) is 42.0 Å². The number of carbonyl (C=O) groups is 3. The normalized spacial score (nSPS) is 35.7. The number of ether oxygens (including phenoxy) is 5. The van der Waals surface area contributed by atoms with Crippen molar-refractivity contribution < 1.29 is 52.7 Å². The molecule has 0 saturated carbocycles. The molecule has 2 aliphatic rings. The van der Waals surface area contributed by atoms with Crippen LogP contribution in [0.4, 0.5) is 0 Å². The molecular weight excluding hydrogens is 735 g/mol. The Labute approximate surface area is 336 Å². The van der Waals surface area contributed by atoms with Crippen molar-refractivity contribution >= 4 is 26.0 Å². The lowest BCUT2D eigenvalue weighted by Gasteiger charge is -2.48. The Bertz CT molecular complexity index is 1510. The summed E-state index contributed by atoms with van der Waals surface area (Å²) < 4.78 is 38.3. The Kier molecular flexibility index (Phi) is 16.3. The maximum Gasteiger partial charge on any atom is 0.338 e. The summed E-state index contributed by atoms with van der Waals surface area (Å²) in [4.78, 5) is 43.7. The molecule has 1 unspecified atom stereocenters. The number of nitrogens with zero attached hydrogens (tertiary/aromatic N) is 1. The number of rotatable bonds is 10. The van der Waals surface area contributed by atoms with Gasteiger partial charge >= 0.3 is 11.9 Å². The van der Waals surface area contributed by atoms with Crippen molar-refractivity contribution in [2.45, 2.75) is 161 Å². The second-order valence-corrected chi connectivity index (χ2v) is 23.0. The lowest BCUT2D eigenvalue weighted by molar-refractivity contribution is -0.300. The monoisotopic (exact) mass is 805 g/mol. The number of aliphatic hydroxyl groups is 2. The SMILES string of the molecule is CC[C@H]1OC(=O)[C@H](C)[C@@H](O)[C@H](C)[C@@H](OC2O[C@H](C)C[C@H](N(C)C)[C@H]2OC(=O)c2ccccc2)[C@@](C)(OC)C[C@@H](C)C(=O)C(C)=C[C@@]1(O)CO[Si](C)(C)C(C)(C)C. The average molecular weight is 806 g/mol. The van der Waals surface area contributed by atoms with Crippen molar-refractivity contribution in [2.24, 2.45) is 17.8 Å². The number of hydrogen-bond donors (Lipinski definition) is 2. The Hall–Kier alpha value is -2.49. The lowest BCUT2D eigenvalue weighted by Crippen LogP contribution is -2.60. The first kappa shape index (κ1) is 47.9. The number of cyclic esters (lactones) is 1. The van der Waals surface area contributed by atoms with Gasteiger partial charge in [-0.05, 0) is 103 Å². The third kappa shape index (κ3) is 11.2. The van der Waals surface area contributed by atoms with Crippen molar-refractivity contribution in [1.29, 1.82) is 0 Å². The number of aliphatic hydroxyl groups excluding tert-OH is 1. The van der Waals surface area contributed by atoms with E-state index in [4.69, 9.17) is 28.1 Å². The van der Waals surface area contributed by atoms with Gasteiger partial charge in [0.15, 0.2) is 26.5 Å². The molecule has 12 nitrogen and oxygen atoms in total. The molecule has 1 aromatic carbocycles. The van der Waals surface area contributed by atoms with Gasteiger partial charge in [-0.2, -0.15) is 0 Å². The minimum atomic E-state index is -2.39. The first-order valence-corrected chi connectivity index (χ1v) is 23.0. The fourth-order valence-corrected chi connectivity index (χ4v) is 8.68. The molecule has 13 heteroatoms. The topological polar surface area (TPSA) is 150 Å². The number of hydrogen-bond acceptors (Lipinski definition) is 12. The molecule has 318 valence electrons. The lowest BCUT2D eigenvalue weighted by atomic mass is 9.76. The maximum atomic E-state index is 14.2. The third-order valence-electron chi connectivity index (χ3n) is 12.4. The molecule has 2 aliphatic heterocycles. The zero-order valence-electron chi connectivity index (χ0n) is 36.6. The van der Waals surface area contributed by atoms with E-state index in [9.17, 15) is 24.6 Å². The molecule has 2 N–H and O–H groups in total. The summed E-state index contributed by atoms with van der Waals surface area (Å²) >= 11 is 0. The number of allylic oxidation sites excluding steroid dienone is 1. The van der Waals surface area contributed by atoms with Gasteiger partial charge in [-0.25, -0.2) is 4.79 Å². The van der Waals surface area contributed by atoms with E-state index in [0.29, 0.717) is 12.0 Å². The second kappa shape index (κ2) is 19.1. The van der Waals surface area contributed by atoms with Crippen LogP contribution < -0.4 is 0 Å². The van der Waals surface area contributed by atoms with Crippen LogP contribution in [-0.2, 0) is 37.7 Å². The van der Waals surface area contributed by atoms with Crippen molar-refractivity contribution in [3.63, 3.8) is 0 Å². The molecule has 0 aliphatic carbocycles. The predicted octanol–water partition coefficient (Wildman–Crippen LogP) is 6.33. The summed E-state index contributed by atoms with van der Waals surface area (Å²) in [6, 6.07) is 8.38. The van der Waals surface area contributed by atoms with E-state index in [1.807, 2.05) is 32.0 Å². The first-order chi connectivity index (χ1) is 25.8. The highest BCUT2D eigenvalue weighted by atomic mass is 28.4. The van der Waals surface area contributed by atoms with Crippen LogP contribution >= 0.6 is 0 Å². The Morgan fingerprint density at radius 1 is 1.07 bits per heavy atom. The van der Waals surface area contributed by atoms with Gasteiger partial charge in [0.1, 0.15) is 11.7 Å². The molecule has 56 heavy (non-hydrogen) atoms. The number of Topliss-reactive ketones (excluding diaryl/α,β-unsaturated/α-hetero) is 1. The Balaban J connectivity index is 2.14. The molecule has 2 heterocycles. The number of methoxy groups -OCH3 is 1. The summed E-state index contributed by atoms with van der Waals surface area (Å²) in [6.07, 6.45) is -3.33. The summed E-state index contributed by atoms with van der Waals surface area (Å²) in [6.45, 7) is 22.5. The Morgan fingerprint density at radius 2 is 1.68 bits per heavy atom. The number of ketones is 1. The van der Waals surface area contributed by atoms with Crippen LogP contribution in [-0.4, -0.2) is 123 Å². The minimum absolute atomic E-state index is 0.137. The molecule has 1 aromatic rings. The quantitative estimate of drug-likeness (QED) is 0.201. The number of likely N-dealkylation sites (N-methyl/N-ethyl adjacent to an activating group) is 1. The van der Waals surface area contributed by atoms with Gasteiger partial charge in [-0.1, -0.05) is 59.7 Å². The van der Waals surface area contributed by atoms with Gasteiger partial charge in [0.05, 0.1) is 48.0 Å². The smallest absolute Gasteiger partial charge is 0.338 e. The molecule has 0 amide bonds. The van der Waals surface area contributed by atoms with E-state index in [2.05, 4.69) is 33.9 Å². The molecule has 1 saturated heterocycles. The highest BCUT2D eigenvalue weighted by Gasteiger charge is 2.51. The van der Waals surface area contributed by atoms with Crippen LogP contribution in [0.25, 0.3) is 0 Å². The molecule has 0 aromatic heterocycles. The average Bonchev–Trinajstić information content (AvgIpc) is 3.13. The first-order valence-electron chi connectivity index (χ1n) is 20.1. The fourth-order valence-electron chi connectivity index (χ4n) is 7.65. The van der Waals surface area contributed by atoms with E-state index in [1.165, 1.54) is 13.2 Å². The zero-order valence-corrected chi connectivity index (χ0v) is 37.6. The molecule has 12 atom stereocenters. The summed E-state index contributed by atoms with van der Waals surface area (Å²) in [5.41, 5.74) is -2.42. The van der Waals surface area contributed by atoms with Crippen LogP contribution in [0.2, 0.25) is 18.1 Å². The van der Waals surface area contributed by atoms with Crippen molar-refractivity contribution in [3.8, 4) is 0 Å². The van der Waals surface area contributed by atoms with Crippen LogP contribution in [0.3, 0.4) is 0 Å². The summed E-state index contributed by atoms with van der Waals surface area (Å²) in [5, 5.41) is 24.2. The molecule has 3 rings (SSSR count). The van der Waals surface area contributed by atoms with Gasteiger partial charge in [0.2, 0.25) is 0 Å². The number of benzene rings is 1. The summed E-state index contributed by atoms with van der Waals surface area (Å²) in [5.74, 6) is -4.05. The van der Waals surface area contributed by atoms with Crippen molar-refractivity contribution in [2.75, 3.05) is 27.8 Å². The maximum absolute atomic E-state index is 14.2. The van der Waals surface area contributed by atoms with Crippen LogP contribution in [0.5, 0.6) is 0 Å². The zero-order chi connectivity index (χ0) is 42.6. The van der Waals surface area contributed by atoms with Gasteiger partial charge in [0, 0.05) is 18.9 Å². The van der Waals surface area contributed by atoms with E-state index in [0.717, 1.165) is 0 Å². The van der Waals surface area contributed by atoms with Crippen LogP contribution in [0.1, 0.15) is 98.9 Å². The van der Waals surface area contributed by atoms with E-state index < -0.39 is 79.9 Å². The second-order valence-electron chi connectivity index (χ2n) is 18.2. The van der Waals surface area contributed by atoms with E-state index in [1.54, 1.807) is 65.8 Å². The van der Waals surface area contributed by atoms with Gasteiger partial charge in [0.25, 0.3) is 0 Å². The number of carbonyl (C=O) groups excluding carboxylic acids is 3. The van der Waals surface area contributed by atoms with Crippen LogP contribution in [0, 0.1) is 17.8 Å². The third-order valence-corrected chi connectivity index (χ3v) is 16.9. The molecular formula is C43H71NO11Si. The van der Waals surface area contributed by atoms with E-state index in [-0.39, 0.29) is 48.0 Å². The molecule has 0 spiro atoms. The van der Waals surface area contributed by atoms with Crippen molar-refractivity contribution in [1.82, 2.24) is 4.90 Å². The minimum Gasteiger partial charge on any atom is -0.459 e. The largest absolute Gasteiger partial charge is 0.459 e. The highest BCUT2D eigenvalue weighted by molar-refractivity contribution is 6.74. The molecule has 1 fully saturated rings. The standard InChI is InChI=1S/C43H71NO11Si/c1-16-33-43(49,25-51-56(14,15)41(7,8)9)24-27(3)34(45)26(2)23-42(10,50-13)37(29(5)35(46)30(6)38(47)53-33)55-40-36(32(44(11)12)22-28(4)52-40)54-39(48)31-20-18-17-19-21-31/h17-21,24,26,28-30,32-33,35-37,40,46,49H,16,22-23,25H2,1-15H3/t26-,28-,29+,30-,32+,33-,35+,36-,37-,40?,42+,43-/m1/s1. The number of esters is 2. The Morgan fingerprint density at radius 3 is 2.21 bits per heavy atom. The fraction of sp³-hybridized carbons (Fsp3) is 0.744. The van der Waals surface area contributed by atoms with Gasteiger partial charge in [-0.15, -0.1) is 0 Å². The molecule has 0 bridgehead atoms. The summed E-state index contributed by atoms with van der Waals surface area (Å²) in [7, 11) is 2.92. The highest BCUT2D eigenvalue weighted by Crippen LogP contribution is 2.40. The molecule has 0 radical (unpaired) electrons. The van der Waals surface area contributed by atoms with E-state index >= 15 is 0 Å². The van der Waals surface area contributed by atoms with Gasteiger partial charge < -0.3 is 43.2 Å². The van der Waals surface area contributed by atoms with Crippen molar-refractivity contribution in [3.05, 3.63) is 47.5 Å². The van der Waals surface area contributed by atoms with Gasteiger partial charge in [-0.3, -0.25) is 9.59 Å². The predicted molar refractivity (Wildman–Crippen MR) is 218 cm³/mol.